The number of rotatable bonds is 5. The average Bonchev–Trinajstić information content (AvgIpc) is 3.40. The molecule has 176 valence electrons. The number of ether oxygens (including phenoxy) is 1. The Hall–Kier alpha value is -2.49. The normalized spacial score (nSPS) is 34.4. The van der Waals surface area contributed by atoms with Crippen LogP contribution in [0.4, 0.5) is 11.6 Å². The molecule has 3 unspecified atom stereocenters. The smallest absolute Gasteiger partial charge is 0.323 e. The number of anilines is 2. The van der Waals surface area contributed by atoms with Crippen LogP contribution in [0.25, 0.3) is 10.9 Å². The van der Waals surface area contributed by atoms with Gasteiger partial charge in [-0.15, -0.1) is 0 Å². The number of hydrogen-bond donors (Lipinski definition) is 4. The lowest BCUT2D eigenvalue weighted by Crippen LogP contribution is -2.59. The number of fused-ring (bicyclic) bond motifs is 3. The van der Waals surface area contributed by atoms with Crippen molar-refractivity contribution in [1.82, 2.24) is 25.7 Å². The summed E-state index contributed by atoms with van der Waals surface area (Å²) >= 11 is 0. The highest BCUT2D eigenvalue weighted by Crippen LogP contribution is 2.39. The fourth-order valence-electron chi connectivity index (χ4n) is 6.24. The number of piperidine rings is 2. The zero-order chi connectivity index (χ0) is 22.4. The predicted molar refractivity (Wildman–Crippen MR) is 127 cm³/mol. The van der Waals surface area contributed by atoms with Crippen LogP contribution in [0.1, 0.15) is 51.9 Å². The molecule has 4 fully saturated rings. The minimum Gasteiger partial charge on any atom is -0.464 e. The first kappa shape index (κ1) is 21.1. The monoisotopic (exact) mass is 451 g/mol. The summed E-state index contributed by atoms with van der Waals surface area (Å²) in [6.07, 6.45) is 9.36. The molecule has 0 saturated carbocycles. The highest BCUT2D eigenvalue weighted by Gasteiger charge is 2.46. The van der Waals surface area contributed by atoms with E-state index in [1.54, 1.807) is 0 Å². The van der Waals surface area contributed by atoms with Gasteiger partial charge in [0, 0.05) is 48.2 Å². The fourth-order valence-corrected chi connectivity index (χ4v) is 6.24. The largest absolute Gasteiger partial charge is 0.464 e. The predicted octanol–water partition coefficient (Wildman–Crippen LogP) is 2.37. The second-order valence-corrected chi connectivity index (χ2v) is 10.0. The third-order valence-electron chi connectivity index (χ3n) is 7.65. The number of carbonyl (C=O) groups is 1. The average molecular weight is 452 g/mol. The molecule has 33 heavy (non-hydrogen) atoms. The SMILES string of the molecule is CC1CC(Nc2cc3ncccc3c(NC3C[C@H]4CCC[C@@H](C3)N4[C@@H]3CCOC3=O)n2)NN1. The molecule has 2 bridgehead atoms. The van der Waals surface area contributed by atoms with Crippen molar-refractivity contribution in [2.24, 2.45) is 0 Å². The maximum atomic E-state index is 12.3. The van der Waals surface area contributed by atoms with E-state index >= 15 is 0 Å². The van der Waals surface area contributed by atoms with Crippen LogP contribution < -0.4 is 21.5 Å². The summed E-state index contributed by atoms with van der Waals surface area (Å²) in [7, 11) is 0. The molecule has 0 spiro atoms. The van der Waals surface area contributed by atoms with Crippen LogP contribution in [0.15, 0.2) is 24.4 Å². The van der Waals surface area contributed by atoms with Crippen LogP contribution in [0, 0.1) is 0 Å². The van der Waals surface area contributed by atoms with E-state index in [2.05, 4.69) is 44.4 Å². The second kappa shape index (κ2) is 8.70. The number of cyclic esters (lactones) is 1. The lowest BCUT2D eigenvalue weighted by atomic mass is 9.80. The first-order valence-electron chi connectivity index (χ1n) is 12.4. The molecule has 0 amide bonds. The van der Waals surface area contributed by atoms with Crippen molar-refractivity contribution >= 4 is 28.5 Å². The van der Waals surface area contributed by atoms with Gasteiger partial charge in [0.25, 0.3) is 0 Å². The molecule has 6 atom stereocenters. The van der Waals surface area contributed by atoms with Gasteiger partial charge >= 0.3 is 5.97 Å². The minimum absolute atomic E-state index is 0.0276. The molecular weight excluding hydrogens is 418 g/mol. The van der Waals surface area contributed by atoms with Gasteiger partial charge in [-0.2, -0.15) is 0 Å². The van der Waals surface area contributed by atoms with E-state index in [0.717, 1.165) is 61.1 Å². The summed E-state index contributed by atoms with van der Waals surface area (Å²) in [6, 6.07) is 7.62. The zero-order valence-corrected chi connectivity index (χ0v) is 19.1. The number of esters is 1. The molecule has 4 saturated heterocycles. The van der Waals surface area contributed by atoms with E-state index in [1.807, 2.05) is 18.3 Å². The minimum atomic E-state index is -0.0492. The van der Waals surface area contributed by atoms with Gasteiger partial charge < -0.3 is 15.4 Å². The fraction of sp³-hybridized carbons (Fsp3) is 0.625. The maximum absolute atomic E-state index is 12.3. The maximum Gasteiger partial charge on any atom is 0.323 e. The second-order valence-electron chi connectivity index (χ2n) is 10.0. The molecule has 0 aromatic carbocycles. The van der Waals surface area contributed by atoms with Gasteiger partial charge in [0.15, 0.2) is 0 Å². The number of pyridine rings is 2. The van der Waals surface area contributed by atoms with E-state index in [4.69, 9.17) is 9.72 Å². The highest BCUT2D eigenvalue weighted by molar-refractivity contribution is 5.91. The topological polar surface area (TPSA) is 103 Å². The van der Waals surface area contributed by atoms with Crippen LogP contribution in [0.5, 0.6) is 0 Å². The van der Waals surface area contributed by atoms with Gasteiger partial charge in [-0.05, 0) is 51.2 Å². The summed E-state index contributed by atoms with van der Waals surface area (Å²) < 4.78 is 5.30. The van der Waals surface area contributed by atoms with Crippen LogP contribution in [-0.2, 0) is 9.53 Å². The Labute approximate surface area is 194 Å². The molecule has 4 N–H and O–H groups in total. The number of carbonyl (C=O) groups excluding carboxylic acids is 1. The third-order valence-corrected chi connectivity index (χ3v) is 7.65. The van der Waals surface area contributed by atoms with Crippen molar-refractivity contribution in [3.63, 3.8) is 0 Å². The Bertz CT molecular complexity index is 1020. The number of nitrogens with one attached hydrogen (secondary N) is 4. The van der Waals surface area contributed by atoms with E-state index in [1.165, 1.54) is 6.42 Å². The summed E-state index contributed by atoms with van der Waals surface area (Å²) in [5.41, 5.74) is 7.46. The number of aromatic nitrogens is 2. The zero-order valence-electron chi connectivity index (χ0n) is 19.1. The molecule has 4 aliphatic rings. The Morgan fingerprint density at radius 3 is 2.70 bits per heavy atom. The highest BCUT2D eigenvalue weighted by atomic mass is 16.5. The van der Waals surface area contributed by atoms with E-state index in [0.29, 0.717) is 30.8 Å². The van der Waals surface area contributed by atoms with Gasteiger partial charge in [-0.25, -0.2) is 10.4 Å². The van der Waals surface area contributed by atoms with Crippen LogP contribution >= 0.6 is 0 Å². The van der Waals surface area contributed by atoms with Gasteiger partial charge in [-0.1, -0.05) is 6.42 Å². The molecule has 9 nitrogen and oxygen atoms in total. The number of nitrogens with zero attached hydrogens (tertiary/aromatic N) is 3. The Morgan fingerprint density at radius 1 is 1.12 bits per heavy atom. The lowest BCUT2D eigenvalue weighted by Gasteiger charge is -2.50. The lowest BCUT2D eigenvalue weighted by molar-refractivity contribution is -0.145. The summed E-state index contributed by atoms with van der Waals surface area (Å²) in [5, 5.41) is 8.33. The summed E-state index contributed by atoms with van der Waals surface area (Å²) in [5.74, 6) is 1.68. The molecule has 2 aromatic heterocycles. The van der Waals surface area contributed by atoms with Crippen LogP contribution in [-0.4, -0.2) is 63.8 Å². The van der Waals surface area contributed by atoms with E-state index < -0.39 is 0 Å². The number of hydrazine groups is 1. The van der Waals surface area contributed by atoms with Crippen LogP contribution in [0.2, 0.25) is 0 Å². The Kier molecular flexibility index (Phi) is 5.55. The third kappa shape index (κ3) is 4.13. The van der Waals surface area contributed by atoms with Gasteiger partial charge in [0.2, 0.25) is 0 Å². The van der Waals surface area contributed by atoms with Crippen molar-refractivity contribution in [3.8, 4) is 0 Å². The first-order valence-corrected chi connectivity index (χ1v) is 12.4. The Morgan fingerprint density at radius 2 is 1.97 bits per heavy atom. The molecule has 0 radical (unpaired) electrons. The summed E-state index contributed by atoms with van der Waals surface area (Å²) in [4.78, 5) is 24.4. The van der Waals surface area contributed by atoms with Crippen molar-refractivity contribution in [3.05, 3.63) is 24.4 Å². The molecule has 0 aliphatic carbocycles. The summed E-state index contributed by atoms with van der Waals surface area (Å²) in [6.45, 7) is 2.72. The van der Waals surface area contributed by atoms with Crippen molar-refractivity contribution in [2.45, 2.75) is 88.2 Å². The molecule has 9 heteroatoms. The standard InChI is InChI=1S/C24H33N7O2/c1-14-10-22(30-29-14)27-21-13-19-18(6-3-8-25-19)23(28-21)26-15-11-16-4-2-5-17(12-15)31(16)20-7-9-33-24(20)32/h3,6,8,13-17,20,22,29-30H,2,4-5,7,9-12H2,1H3,(H2,26,27,28)/t14?,15?,16-,17+,20-,22?/m1/s1. The Balaban J connectivity index is 1.23. The van der Waals surface area contributed by atoms with Crippen LogP contribution in [0.3, 0.4) is 0 Å². The molecule has 6 heterocycles. The van der Waals surface area contributed by atoms with Crippen molar-refractivity contribution < 1.29 is 9.53 Å². The molecule has 2 aromatic rings. The van der Waals surface area contributed by atoms with Crippen molar-refractivity contribution in [1.29, 1.82) is 0 Å². The van der Waals surface area contributed by atoms with Gasteiger partial charge in [0.1, 0.15) is 17.7 Å². The molecule has 4 aliphatic heterocycles. The molecule has 6 rings (SSSR count). The van der Waals surface area contributed by atoms with Gasteiger partial charge in [-0.3, -0.25) is 20.1 Å². The number of hydrogen-bond acceptors (Lipinski definition) is 9. The van der Waals surface area contributed by atoms with E-state index in [9.17, 15) is 4.79 Å². The quantitative estimate of drug-likeness (QED) is 0.510. The molecular formula is C24H33N7O2. The first-order chi connectivity index (χ1) is 16.1. The van der Waals surface area contributed by atoms with Crippen molar-refractivity contribution in [2.75, 3.05) is 17.2 Å². The van der Waals surface area contributed by atoms with Gasteiger partial charge in [0.05, 0.1) is 18.3 Å². The van der Waals surface area contributed by atoms with E-state index in [-0.39, 0.29) is 18.2 Å².